The molecule has 4 aromatic carbocycles. The van der Waals surface area contributed by atoms with Crippen molar-refractivity contribution in [2.24, 2.45) is 5.73 Å². The molecular weight excluding hydrogens is 1060 g/mol. The SMILES string of the molecule is CC(C)(C)c1c(NCCCCN)c(=O)c1=S.CCCN(C)CCCN(C)c1c(C(C)(C)C)c(=S)c1=O.CCCN(CC)CCCN(C)c1c(C(C)(C)C)c(=S)c1=O.CCCN(CCC)CCCN(C)c1c(C(C)(C)C)c(=S)c1=O. The quantitative estimate of drug-likeness (QED) is 0.0395. The fourth-order valence-corrected chi connectivity index (χ4v) is 12.3. The summed E-state index contributed by atoms with van der Waals surface area (Å²) in [5.41, 5.74) is 12.8. The van der Waals surface area contributed by atoms with E-state index in [-0.39, 0.29) is 43.4 Å². The number of hydrogen-bond donors (Lipinski definition) is 2. The van der Waals surface area contributed by atoms with Gasteiger partial charge in [-0.15, -0.1) is 0 Å². The molecule has 0 bridgehead atoms. The van der Waals surface area contributed by atoms with Gasteiger partial charge in [0.2, 0.25) is 21.7 Å². The second-order valence-corrected chi connectivity index (χ2v) is 27.5. The Morgan fingerprint density at radius 1 is 0.392 bits per heavy atom. The lowest BCUT2D eigenvalue weighted by molar-refractivity contribution is 0.272. The Morgan fingerprint density at radius 2 is 0.709 bits per heavy atom. The van der Waals surface area contributed by atoms with Crippen LogP contribution < -0.4 is 47.5 Å². The van der Waals surface area contributed by atoms with E-state index in [9.17, 15) is 19.2 Å². The lowest BCUT2D eigenvalue weighted by Crippen LogP contribution is -2.36. The van der Waals surface area contributed by atoms with E-state index < -0.39 is 0 Å². The van der Waals surface area contributed by atoms with Crippen molar-refractivity contribution in [2.45, 2.75) is 197 Å². The molecule has 3 N–H and O–H groups in total. The maximum Gasteiger partial charge on any atom is 0.220 e. The summed E-state index contributed by atoms with van der Waals surface area (Å²) in [5, 5.41) is 3.18. The van der Waals surface area contributed by atoms with Gasteiger partial charge in [-0.25, -0.2) is 0 Å². The summed E-state index contributed by atoms with van der Waals surface area (Å²) in [6, 6.07) is 0. The average molecular weight is 1170 g/mol. The summed E-state index contributed by atoms with van der Waals surface area (Å²) in [4.78, 5) is 61.4. The minimum atomic E-state index is -0.0544. The van der Waals surface area contributed by atoms with Crippen molar-refractivity contribution in [2.75, 3.05) is 133 Å². The van der Waals surface area contributed by atoms with Gasteiger partial charge in [0.05, 0.1) is 40.8 Å². The topological polar surface area (TPSA) is 126 Å². The Kier molecular flexibility index (Phi) is 31.8. The Balaban J connectivity index is 0.000000530. The highest BCUT2D eigenvalue weighted by Gasteiger charge is 2.32. The number of anilines is 4. The minimum Gasteiger partial charge on any atom is -0.382 e. The van der Waals surface area contributed by atoms with Gasteiger partial charge in [-0.05, 0) is 145 Å². The van der Waals surface area contributed by atoms with Crippen LogP contribution in [-0.2, 0) is 21.7 Å². The molecule has 0 fully saturated rings. The maximum absolute atomic E-state index is 12.1. The third-order valence-electron chi connectivity index (χ3n) is 14.3. The molecule has 0 saturated carbocycles. The van der Waals surface area contributed by atoms with E-state index in [1.54, 1.807) is 0 Å². The smallest absolute Gasteiger partial charge is 0.220 e. The van der Waals surface area contributed by atoms with Crippen LogP contribution in [-0.4, -0.2) is 128 Å². The lowest BCUT2D eigenvalue weighted by Gasteiger charge is -2.31. The Hall–Kier alpha value is -2.96. The molecule has 0 aliphatic heterocycles. The van der Waals surface area contributed by atoms with Gasteiger partial charge in [0.1, 0.15) is 0 Å². The second-order valence-electron chi connectivity index (χ2n) is 25.9. The molecule has 0 saturated heterocycles. The van der Waals surface area contributed by atoms with Crippen molar-refractivity contribution in [3.05, 3.63) is 81.2 Å². The minimum absolute atomic E-state index is 0.00678. The second kappa shape index (κ2) is 34.0. The predicted octanol–water partition coefficient (Wildman–Crippen LogP) is 12.6. The van der Waals surface area contributed by atoms with Crippen LogP contribution in [0, 0.1) is 18.0 Å². The predicted molar refractivity (Wildman–Crippen MR) is 356 cm³/mol. The van der Waals surface area contributed by atoms with Gasteiger partial charge < -0.3 is 40.4 Å². The third kappa shape index (κ3) is 22.0. The molecule has 0 atom stereocenters. The molecule has 12 nitrogen and oxygen atoms in total. The van der Waals surface area contributed by atoms with Crippen LogP contribution in [0.25, 0.3) is 0 Å². The zero-order chi connectivity index (χ0) is 61.0. The molecule has 0 aromatic heterocycles. The summed E-state index contributed by atoms with van der Waals surface area (Å²) in [6.07, 6.45) is 9.94. The van der Waals surface area contributed by atoms with Crippen molar-refractivity contribution >= 4 is 71.6 Å². The molecule has 0 amide bonds. The van der Waals surface area contributed by atoms with Crippen LogP contribution in [0.4, 0.5) is 22.7 Å². The largest absolute Gasteiger partial charge is 0.382 e. The molecule has 0 aliphatic carbocycles. The van der Waals surface area contributed by atoms with Crippen molar-refractivity contribution in [1.82, 2.24) is 14.7 Å². The lowest BCUT2D eigenvalue weighted by atomic mass is 9.82. The molecule has 0 heterocycles. The number of rotatable bonds is 29. The van der Waals surface area contributed by atoms with Gasteiger partial charge in [0.15, 0.2) is 0 Å². The van der Waals surface area contributed by atoms with Crippen molar-refractivity contribution in [3.63, 3.8) is 0 Å². The van der Waals surface area contributed by atoms with Gasteiger partial charge >= 0.3 is 0 Å². The van der Waals surface area contributed by atoms with E-state index in [4.69, 9.17) is 54.6 Å². The van der Waals surface area contributed by atoms with Gasteiger partial charge in [0, 0.05) is 69.6 Å². The monoisotopic (exact) mass is 1170 g/mol. The van der Waals surface area contributed by atoms with Crippen molar-refractivity contribution in [3.8, 4) is 0 Å². The molecule has 0 aliphatic rings. The summed E-state index contributed by atoms with van der Waals surface area (Å²) in [5.74, 6) is 0. The third-order valence-corrected chi connectivity index (χ3v) is 15.8. The van der Waals surface area contributed by atoms with Crippen LogP contribution in [0.15, 0.2) is 19.2 Å². The van der Waals surface area contributed by atoms with Crippen molar-refractivity contribution in [1.29, 1.82) is 0 Å². The molecule has 0 radical (unpaired) electrons. The molecule has 79 heavy (non-hydrogen) atoms. The first-order valence-electron chi connectivity index (χ1n) is 29.6. The number of nitrogens with one attached hydrogen (secondary N) is 1. The number of nitrogens with two attached hydrogens (primary N) is 1. The standard InChI is InChI=1S/C18H32N2OS.C17H30N2OS.C16H28N2OS.C12H20N2OS/c1-7-10-20(11-8-2)13-9-12-19(6)15-14(18(3,4)5)17(22)16(15)21;1-7-10-19(8-2)12-9-11-18(6)14-13(17(3,4)5)16(21)15(14)20;1-7-9-17(5)10-8-11-18(6)13-12(16(2,3)4)15(20)14(13)19;1-12(2,3)8-9(10(15)11(8)16)14-7-5-4-6-13/h7-13H2,1-6H3;7-12H2,1-6H3;7-11H2,1-6H3;14H,4-7,13H2,1-3H3. The van der Waals surface area contributed by atoms with E-state index >= 15 is 0 Å². The normalized spacial score (nSPS) is 12.3. The molecular formula is C63H110N8O4S4. The highest BCUT2D eigenvalue weighted by molar-refractivity contribution is 7.72. The summed E-state index contributed by atoms with van der Waals surface area (Å²) in [6.45, 7) is 49.5. The molecule has 0 spiro atoms. The van der Waals surface area contributed by atoms with Crippen LogP contribution in [0.5, 0.6) is 0 Å². The van der Waals surface area contributed by atoms with E-state index in [1.807, 2.05) is 21.1 Å². The summed E-state index contributed by atoms with van der Waals surface area (Å²) in [7, 11) is 8.18. The van der Waals surface area contributed by atoms with E-state index in [2.05, 4.69) is 159 Å². The van der Waals surface area contributed by atoms with Crippen LogP contribution in [0.2, 0.25) is 0 Å². The van der Waals surface area contributed by atoms with Gasteiger partial charge in [0.25, 0.3) is 0 Å². The van der Waals surface area contributed by atoms with E-state index in [0.717, 1.165) is 156 Å². The first kappa shape index (κ1) is 74.1. The van der Waals surface area contributed by atoms with Crippen LogP contribution in [0.3, 0.4) is 0 Å². The molecule has 0 unspecified atom stereocenters. The maximum atomic E-state index is 12.1. The zero-order valence-corrected chi connectivity index (χ0v) is 56.8. The first-order valence-corrected chi connectivity index (χ1v) is 31.3. The molecule has 16 heteroatoms. The van der Waals surface area contributed by atoms with Crippen molar-refractivity contribution < 1.29 is 0 Å². The Morgan fingerprint density at radius 3 is 1.03 bits per heavy atom. The molecule has 4 aromatic rings. The van der Waals surface area contributed by atoms with E-state index in [1.165, 1.54) is 25.7 Å². The highest BCUT2D eigenvalue weighted by Crippen LogP contribution is 2.35. The first-order chi connectivity index (χ1) is 36.6. The average Bonchev–Trinajstić information content (AvgIpc) is 3.34. The fourth-order valence-electron chi connectivity index (χ4n) is 10.3. The zero-order valence-electron chi connectivity index (χ0n) is 53.6. The number of nitrogens with zero attached hydrogens (tertiary/aromatic N) is 6. The van der Waals surface area contributed by atoms with Gasteiger partial charge in [-0.2, -0.15) is 0 Å². The number of hydrogen-bond acceptors (Lipinski definition) is 16. The van der Waals surface area contributed by atoms with E-state index in [0.29, 0.717) is 24.6 Å². The van der Waals surface area contributed by atoms with Crippen LogP contribution in [0.1, 0.15) is 198 Å². The number of unbranched alkanes of at least 4 members (excludes halogenated alkanes) is 1. The highest BCUT2D eigenvalue weighted by atomic mass is 32.1. The molecule has 450 valence electrons. The van der Waals surface area contributed by atoms with Crippen LogP contribution >= 0.6 is 48.9 Å². The summed E-state index contributed by atoms with van der Waals surface area (Å²) >= 11 is 20.8. The fraction of sp³-hybridized carbons (Fsp3) is 0.746. The Labute approximate surface area is 500 Å². The van der Waals surface area contributed by atoms with Gasteiger partial charge in [-0.1, -0.05) is 167 Å². The molecule has 4 rings (SSSR count). The summed E-state index contributed by atoms with van der Waals surface area (Å²) < 4.78 is 2.09. The van der Waals surface area contributed by atoms with Gasteiger partial charge in [-0.3, -0.25) is 19.2 Å². The Bertz CT molecular complexity index is 2740.